The Labute approximate surface area is 143 Å². The van der Waals surface area contributed by atoms with Crippen LogP contribution in [0.5, 0.6) is 0 Å². The number of aryl methyl sites for hydroxylation is 1. The lowest BCUT2D eigenvalue weighted by molar-refractivity contribution is 0.0947. The highest BCUT2D eigenvalue weighted by Crippen LogP contribution is 2.19. The second-order valence-corrected chi connectivity index (χ2v) is 5.84. The first kappa shape index (κ1) is 17.9. The number of carbonyl (C=O) groups is 1. The summed E-state index contributed by atoms with van der Waals surface area (Å²) in [5, 5.41) is 6.10. The van der Waals surface area contributed by atoms with Crippen LogP contribution in [0.2, 0.25) is 0 Å². The van der Waals surface area contributed by atoms with Gasteiger partial charge in [-0.15, -0.1) is 0 Å². The maximum atomic E-state index is 12.0. The maximum Gasteiger partial charge on any atom is 0.271 e. The molecule has 6 heteroatoms. The number of hydrogen-bond donors (Lipinski definition) is 2. The Kier molecular flexibility index (Phi) is 6.69. The third-order valence-corrected chi connectivity index (χ3v) is 3.61. The second-order valence-electron chi connectivity index (χ2n) is 5.84. The highest BCUT2D eigenvalue weighted by Gasteiger charge is 2.08. The normalized spacial score (nSPS) is 10.7. The number of amides is 1. The van der Waals surface area contributed by atoms with Crippen LogP contribution in [0.15, 0.2) is 36.7 Å². The first-order valence-electron chi connectivity index (χ1n) is 8.20. The molecule has 6 nitrogen and oxygen atoms in total. The highest BCUT2D eigenvalue weighted by molar-refractivity contribution is 5.92. The SMILES string of the molecule is CCc1ccccc1Nc1cnc(C(=O)NCCCN(C)C)cn1. The van der Waals surface area contributed by atoms with Crippen LogP contribution >= 0.6 is 0 Å². The lowest BCUT2D eigenvalue weighted by atomic mass is 10.1. The summed E-state index contributed by atoms with van der Waals surface area (Å²) in [5.74, 6) is 0.432. The van der Waals surface area contributed by atoms with E-state index in [1.807, 2.05) is 32.3 Å². The predicted molar refractivity (Wildman–Crippen MR) is 96.6 cm³/mol. The van der Waals surface area contributed by atoms with Crippen molar-refractivity contribution in [2.75, 3.05) is 32.5 Å². The van der Waals surface area contributed by atoms with E-state index in [0.29, 0.717) is 18.1 Å². The number of anilines is 2. The van der Waals surface area contributed by atoms with Crippen LogP contribution < -0.4 is 10.6 Å². The summed E-state index contributed by atoms with van der Waals surface area (Å²) in [6.45, 7) is 3.67. The molecule has 2 N–H and O–H groups in total. The minimum absolute atomic E-state index is 0.193. The average Bonchev–Trinajstić information content (AvgIpc) is 2.59. The van der Waals surface area contributed by atoms with Crippen molar-refractivity contribution in [2.45, 2.75) is 19.8 Å². The maximum absolute atomic E-state index is 12.0. The van der Waals surface area contributed by atoms with Gasteiger partial charge in [-0.3, -0.25) is 4.79 Å². The molecule has 0 fully saturated rings. The van der Waals surface area contributed by atoms with Crippen LogP contribution in [-0.2, 0) is 6.42 Å². The number of benzene rings is 1. The molecule has 0 aliphatic carbocycles. The van der Waals surface area contributed by atoms with Gasteiger partial charge in [-0.2, -0.15) is 0 Å². The topological polar surface area (TPSA) is 70.2 Å². The van der Waals surface area contributed by atoms with Gasteiger partial charge in [-0.25, -0.2) is 9.97 Å². The van der Waals surface area contributed by atoms with Crippen LogP contribution in [-0.4, -0.2) is 48.0 Å². The van der Waals surface area contributed by atoms with Gasteiger partial charge in [0.1, 0.15) is 11.5 Å². The van der Waals surface area contributed by atoms with Gasteiger partial charge >= 0.3 is 0 Å². The fourth-order valence-corrected chi connectivity index (χ4v) is 2.29. The van der Waals surface area contributed by atoms with E-state index in [4.69, 9.17) is 0 Å². The van der Waals surface area contributed by atoms with Crippen molar-refractivity contribution in [3.05, 3.63) is 47.9 Å². The fraction of sp³-hybridized carbons (Fsp3) is 0.389. The van der Waals surface area contributed by atoms with Crippen LogP contribution in [0.25, 0.3) is 0 Å². The smallest absolute Gasteiger partial charge is 0.271 e. The Balaban J connectivity index is 1.91. The third kappa shape index (κ3) is 5.31. The van der Waals surface area contributed by atoms with Crippen LogP contribution in [0.4, 0.5) is 11.5 Å². The summed E-state index contributed by atoms with van der Waals surface area (Å²) in [7, 11) is 4.02. The molecule has 24 heavy (non-hydrogen) atoms. The largest absolute Gasteiger partial charge is 0.351 e. The van der Waals surface area contributed by atoms with E-state index >= 15 is 0 Å². The molecule has 128 valence electrons. The Morgan fingerprint density at radius 3 is 2.62 bits per heavy atom. The van der Waals surface area contributed by atoms with Gasteiger partial charge in [0.15, 0.2) is 0 Å². The first-order chi connectivity index (χ1) is 11.6. The molecule has 0 aliphatic heterocycles. The van der Waals surface area contributed by atoms with Crippen molar-refractivity contribution in [3.63, 3.8) is 0 Å². The number of para-hydroxylation sites is 1. The van der Waals surface area contributed by atoms with Gasteiger partial charge in [0.2, 0.25) is 0 Å². The van der Waals surface area contributed by atoms with E-state index < -0.39 is 0 Å². The molecule has 0 bridgehead atoms. The monoisotopic (exact) mass is 327 g/mol. The summed E-state index contributed by atoms with van der Waals surface area (Å²) >= 11 is 0. The number of rotatable bonds is 8. The molecule has 0 radical (unpaired) electrons. The highest BCUT2D eigenvalue weighted by atomic mass is 16.1. The molecule has 1 amide bonds. The van der Waals surface area contributed by atoms with E-state index in [-0.39, 0.29) is 5.91 Å². The third-order valence-electron chi connectivity index (χ3n) is 3.61. The van der Waals surface area contributed by atoms with E-state index in [0.717, 1.165) is 25.1 Å². The van der Waals surface area contributed by atoms with Crippen LogP contribution in [0.3, 0.4) is 0 Å². The molecule has 0 spiro atoms. The van der Waals surface area contributed by atoms with Crippen molar-refractivity contribution in [1.29, 1.82) is 0 Å². The zero-order valence-corrected chi connectivity index (χ0v) is 14.5. The molecule has 1 heterocycles. The van der Waals surface area contributed by atoms with E-state index in [9.17, 15) is 4.79 Å². The zero-order valence-electron chi connectivity index (χ0n) is 14.5. The van der Waals surface area contributed by atoms with Crippen molar-refractivity contribution >= 4 is 17.4 Å². The molecule has 0 saturated carbocycles. The molecule has 1 aromatic heterocycles. The lowest BCUT2D eigenvalue weighted by Gasteiger charge is -2.11. The van der Waals surface area contributed by atoms with E-state index in [1.165, 1.54) is 11.8 Å². The number of aromatic nitrogens is 2. The summed E-state index contributed by atoms with van der Waals surface area (Å²) in [6.07, 6.45) is 4.92. The first-order valence-corrected chi connectivity index (χ1v) is 8.20. The van der Waals surface area contributed by atoms with Gasteiger partial charge in [0, 0.05) is 12.2 Å². The Bertz CT molecular complexity index is 655. The number of nitrogens with zero attached hydrogens (tertiary/aromatic N) is 3. The number of nitrogens with one attached hydrogen (secondary N) is 2. The lowest BCUT2D eigenvalue weighted by Crippen LogP contribution is -2.27. The Hall–Kier alpha value is -2.47. The van der Waals surface area contributed by atoms with Crippen molar-refractivity contribution < 1.29 is 4.79 Å². The molecular formula is C18H25N5O. The van der Waals surface area contributed by atoms with Gasteiger partial charge < -0.3 is 15.5 Å². The Morgan fingerprint density at radius 2 is 1.96 bits per heavy atom. The van der Waals surface area contributed by atoms with Crippen LogP contribution in [0.1, 0.15) is 29.4 Å². The average molecular weight is 327 g/mol. The summed E-state index contributed by atoms with van der Waals surface area (Å²) in [4.78, 5) is 22.6. The number of hydrogen-bond acceptors (Lipinski definition) is 5. The molecule has 0 unspecified atom stereocenters. The van der Waals surface area contributed by atoms with E-state index in [1.54, 1.807) is 6.20 Å². The molecule has 0 atom stereocenters. The summed E-state index contributed by atoms with van der Waals surface area (Å²) in [6, 6.07) is 8.07. The van der Waals surface area contributed by atoms with E-state index in [2.05, 4.69) is 38.5 Å². The quantitative estimate of drug-likeness (QED) is 0.729. The predicted octanol–water partition coefficient (Wildman–Crippen LogP) is 2.46. The molecule has 2 rings (SSSR count). The minimum Gasteiger partial charge on any atom is -0.351 e. The standard InChI is InChI=1S/C18H25N5O/c1-4-14-8-5-6-9-15(14)22-17-13-20-16(12-21-17)18(24)19-10-7-11-23(2)3/h5-6,8-9,12-13H,4,7,10-11H2,1-3H3,(H,19,24)(H,21,22). The van der Waals surface area contributed by atoms with Gasteiger partial charge in [-0.1, -0.05) is 25.1 Å². The number of carbonyl (C=O) groups excluding carboxylic acids is 1. The molecule has 2 aromatic rings. The molecule has 0 saturated heterocycles. The minimum atomic E-state index is -0.193. The zero-order chi connectivity index (χ0) is 17.4. The molecule has 0 aliphatic rings. The molecular weight excluding hydrogens is 302 g/mol. The van der Waals surface area contributed by atoms with Gasteiger partial charge in [0.25, 0.3) is 5.91 Å². The second kappa shape index (κ2) is 8.98. The molecule has 1 aromatic carbocycles. The van der Waals surface area contributed by atoms with Gasteiger partial charge in [-0.05, 0) is 45.1 Å². The summed E-state index contributed by atoms with van der Waals surface area (Å²) in [5.41, 5.74) is 2.55. The van der Waals surface area contributed by atoms with Crippen LogP contribution in [0, 0.1) is 0 Å². The summed E-state index contributed by atoms with van der Waals surface area (Å²) < 4.78 is 0. The van der Waals surface area contributed by atoms with Crippen molar-refractivity contribution in [2.24, 2.45) is 0 Å². The van der Waals surface area contributed by atoms with Gasteiger partial charge in [0.05, 0.1) is 12.4 Å². The fourth-order valence-electron chi connectivity index (χ4n) is 2.29. The van der Waals surface area contributed by atoms with Crippen molar-refractivity contribution in [3.8, 4) is 0 Å². The Morgan fingerprint density at radius 1 is 1.17 bits per heavy atom. The van der Waals surface area contributed by atoms with Crippen molar-refractivity contribution in [1.82, 2.24) is 20.2 Å².